The zero-order valence-electron chi connectivity index (χ0n) is 11.3. The second-order valence-corrected chi connectivity index (χ2v) is 6.57. The second-order valence-electron chi connectivity index (χ2n) is 5.66. The summed E-state index contributed by atoms with van der Waals surface area (Å²) in [6, 6.07) is 2.69. The van der Waals surface area contributed by atoms with Crippen molar-refractivity contribution >= 4 is 27.4 Å². The molecule has 2 aliphatic heterocycles. The number of fused-ring (bicyclic) bond motifs is 1. The molecule has 0 bridgehead atoms. The zero-order valence-corrected chi connectivity index (χ0v) is 12.1. The van der Waals surface area contributed by atoms with Gasteiger partial charge in [0.1, 0.15) is 12.1 Å². The Morgan fingerprint density at radius 2 is 2.00 bits per heavy atom. The molecule has 2 aliphatic rings. The molecule has 4 heterocycles. The molecule has 0 aromatic carbocycles. The summed E-state index contributed by atoms with van der Waals surface area (Å²) in [6.45, 7) is 3.79. The summed E-state index contributed by atoms with van der Waals surface area (Å²) in [6.07, 6.45) is 3.88. The topological polar surface area (TPSA) is 52.5 Å². The van der Waals surface area contributed by atoms with Crippen LogP contribution in [0.1, 0.15) is 12.8 Å². The van der Waals surface area contributed by atoms with Gasteiger partial charge in [0.15, 0.2) is 0 Å². The lowest BCUT2D eigenvalue weighted by Gasteiger charge is -2.45. The van der Waals surface area contributed by atoms with Gasteiger partial charge in [-0.3, -0.25) is 4.90 Å². The van der Waals surface area contributed by atoms with Crippen LogP contribution in [0.15, 0.2) is 17.8 Å². The van der Waals surface area contributed by atoms with Crippen molar-refractivity contribution in [1.82, 2.24) is 14.9 Å². The van der Waals surface area contributed by atoms with Crippen LogP contribution in [0, 0.1) is 0 Å². The number of thiophene rings is 1. The first kappa shape index (κ1) is 12.5. The Labute approximate surface area is 121 Å². The molecule has 0 saturated carbocycles. The van der Waals surface area contributed by atoms with Crippen molar-refractivity contribution < 1.29 is 5.11 Å². The fourth-order valence-corrected chi connectivity index (χ4v) is 4.09. The molecule has 5 nitrogen and oxygen atoms in total. The van der Waals surface area contributed by atoms with E-state index in [1.165, 1.54) is 4.70 Å². The van der Waals surface area contributed by atoms with E-state index >= 15 is 0 Å². The number of aliphatic hydroxyl groups excluding tert-OH is 1. The van der Waals surface area contributed by atoms with Gasteiger partial charge in [-0.05, 0) is 24.3 Å². The number of aromatic nitrogens is 2. The largest absolute Gasteiger partial charge is 0.390 e. The molecule has 1 N–H and O–H groups in total. The van der Waals surface area contributed by atoms with Crippen molar-refractivity contribution in [1.29, 1.82) is 0 Å². The molecule has 106 valence electrons. The van der Waals surface area contributed by atoms with Gasteiger partial charge in [0, 0.05) is 32.2 Å². The SMILES string of the molecule is OC1CN(C2CCN(c3ncnc4ccsc34)CC2)C1. The van der Waals surface area contributed by atoms with Crippen LogP contribution < -0.4 is 4.90 Å². The molecule has 0 spiro atoms. The quantitative estimate of drug-likeness (QED) is 0.904. The highest BCUT2D eigenvalue weighted by atomic mass is 32.1. The number of hydrogen-bond donors (Lipinski definition) is 1. The van der Waals surface area contributed by atoms with E-state index in [1.54, 1.807) is 17.7 Å². The second kappa shape index (κ2) is 4.95. The standard InChI is InChI=1S/C14H18N4OS/c19-11-7-18(8-11)10-1-4-17(5-2-10)14-13-12(3-6-20-13)15-9-16-14/h3,6,9-11,19H,1-2,4-5,7-8H2. The van der Waals surface area contributed by atoms with Crippen LogP contribution in [0.25, 0.3) is 10.2 Å². The van der Waals surface area contributed by atoms with Crippen molar-refractivity contribution in [3.63, 3.8) is 0 Å². The van der Waals surface area contributed by atoms with E-state index < -0.39 is 0 Å². The normalized spacial score (nSPS) is 22.4. The van der Waals surface area contributed by atoms with Crippen molar-refractivity contribution in [3.05, 3.63) is 17.8 Å². The van der Waals surface area contributed by atoms with Crippen LogP contribution in [0.2, 0.25) is 0 Å². The predicted molar refractivity (Wildman–Crippen MR) is 80.2 cm³/mol. The third kappa shape index (κ3) is 2.08. The van der Waals surface area contributed by atoms with E-state index in [0.29, 0.717) is 6.04 Å². The average Bonchev–Trinajstić information content (AvgIpc) is 2.92. The molecule has 0 atom stereocenters. The third-order valence-electron chi connectivity index (χ3n) is 4.40. The van der Waals surface area contributed by atoms with Gasteiger partial charge >= 0.3 is 0 Å². The smallest absolute Gasteiger partial charge is 0.150 e. The van der Waals surface area contributed by atoms with Gasteiger partial charge in [-0.15, -0.1) is 11.3 Å². The van der Waals surface area contributed by atoms with Gasteiger partial charge in [-0.2, -0.15) is 0 Å². The van der Waals surface area contributed by atoms with Crippen LogP contribution in [-0.2, 0) is 0 Å². The van der Waals surface area contributed by atoms with Crippen LogP contribution in [0.4, 0.5) is 5.82 Å². The van der Waals surface area contributed by atoms with Gasteiger partial charge < -0.3 is 10.0 Å². The van der Waals surface area contributed by atoms with E-state index in [1.807, 2.05) is 0 Å². The Balaban J connectivity index is 1.47. The van der Waals surface area contributed by atoms with Gasteiger partial charge in [0.2, 0.25) is 0 Å². The minimum atomic E-state index is -0.0966. The van der Waals surface area contributed by atoms with Crippen molar-refractivity contribution in [2.45, 2.75) is 25.0 Å². The van der Waals surface area contributed by atoms with Gasteiger partial charge in [0.25, 0.3) is 0 Å². The van der Waals surface area contributed by atoms with Crippen molar-refractivity contribution in [2.24, 2.45) is 0 Å². The molecule has 6 heteroatoms. The number of rotatable bonds is 2. The van der Waals surface area contributed by atoms with Gasteiger partial charge in [0.05, 0.1) is 16.3 Å². The number of piperidine rings is 1. The Morgan fingerprint density at radius 3 is 2.75 bits per heavy atom. The maximum Gasteiger partial charge on any atom is 0.150 e. The maximum atomic E-state index is 9.41. The summed E-state index contributed by atoms with van der Waals surface area (Å²) < 4.78 is 1.20. The average molecular weight is 290 g/mol. The van der Waals surface area contributed by atoms with E-state index in [0.717, 1.165) is 50.4 Å². The van der Waals surface area contributed by atoms with Crippen LogP contribution in [0.5, 0.6) is 0 Å². The Morgan fingerprint density at radius 1 is 1.20 bits per heavy atom. The maximum absolute atomic E-state index is 9.41. The molecule has 0 amide bonds. The number of nitrogens with zero attached hydrogens (tertiary/aromatic N) is 4. The van der Waals surface area contributed by atoms with Crippen LogP contribution in [0.3, 0.4) is 0 Å². The number of β-amino-alcohol motifs (C(OH)–C–C–N with tert-alkyl or cyclic N) is 1. The molecule has 0 aliphatic carbocycles. The fraction of sp³-hybridized carbons (Fsp3) is 0.571. The molecule has 4 rings (SSSR count). The fourth-order valence-electron chi connectivity index (χ4n) is 3.23. The van der Waals surface area contributed by atoms with E-state index in [4.69, 9.17) is 0 Å². The minimum Gasteiger partial charge on any atom is -0.390 e. The van der Waals surface area contributed by atoms with E-state index in [2.05, 4.69) is 31.2 Å². The molecule has 20 heavy (non-hydrogen) atoms. The van der Waals surface area contributed by atoms with Crippen LogP contribution in [-0.4, -0.2) is 58.3 Å². The molecule has 2 aromatic heterocycles. The van der Waals surface area contributed by atoms with Gasteiger partial charge in [-0.1, -0.05) is 0 Å². The third-order valence-corrected chi connectivity index (χ3v) is 5.29. The summed E-state index contributed by atoms with van der Waals surface area (Å²) in [4.78, 5) is 13.6. The predicted octanol–water partition coefficient (Wildman–Crippen LogP) is 1.34. The first-order chi connectivity index (χ1) is 9.81. The Bertz CT molecular complexity index is 602. The molecule has 0 unspecified atom stereocenters. The first-order valence-electron chi connectivity index (χ1n) is 7.16. The van der Waals surface area contributed by atoms with E-state index in [-0.39, 0.29) is 6.10 Å². The summed E-state index contributed by atoms with van der Waals surface area (Å²) >= 11 is 1.72. The van der Waals surface area contributed by atoms with Crippen molar-refractivity contribution in [3.8, 4) is 0 Å². The molecule has 2 saturated heterocycles. The molecule has 2 fully saturated rings. The van der Waals surface area contributed by atoms with Crippen molar-refractivity contribution in [2.75, 3.05) is 31.1 Å². The summed E-state index contributed by atoms with van der Waals surface area (Å²) in [5, 5.41) is 11.5. The highest BCUT2D eigenvalue weighted by Crippen LogP contribution is 2.31. The number of aliphatic hydroxyl groups is 1. The van der Waals surface area contributed by atoms with E-state index in [9.17, 15) is 5.11 Å². The Kier molecular flexibility index (Phi) is 3.09. The van der Waals surface area contributed by atoms with Gasteiger partial charge in [-0.25, -0.2) is 9.97 Å². The monoisotopic (exact) mass is 290 g/mol. The highest BCUT2D eigenvalue weighted by Gasteiger charge is 2.33. The summed E-state index contributed by atoms with van der Waals surface area (Å²) in [7, 11) is 0. The molecule has 0 radical (unpaired) electrons. The van der Waals surface area contributed by atoms with Crippen LogP contribution >= 0.6 is 11.3 Å². The zero-order chi connectivity index (χ0) is 13.5. The lowest BCUT2D eigenvalue weighted by Crippen LogP contribution is -2.57. The number of likely N-dealkylation sites (tertiary alicyclic amines) is 1. The molecular weight excluding hydrogens is 272 g/mol. The summed E-state index contributed by atoms with van der Waals surface area (Å²) in [5.74, 6) is 1.09. The lowest BCUT2D eigenvalue weighted by molar-refractivity contribution is -0.0301. The molecular formula is C14H18N4OS. The number of hydrogen-bond acceptors (Lipinski definition) is 6. The summed E-state index contributed by atoms with van der Waals surface area (Å²) in [5.41, 5.74) is 1.05. The number of anilines is 1. The first-order valence-corrected chi connectivity index (χ1v) is 8.04. The Hall–Kier alpha value is -1.24. The minimum absolute atomic E-state index is 0.0966. The highest BCUT2D eigenvalue weighted by molar-refractivity contribution is 7.17. The molecule has 2 aromatic rings. The lowest BCUT2D eigenvalue weighted by atomic mass is 9.98.